The minimum atomic E-state index is 0.137. The Hall–Kier alpha value is -1.71. The summed E-state index contributed by atoms with van der Waals surface area (Å²) in [5.74, 6) is 0.137. The summed E-state index contributed by atoms with van der Waals surface area (Å²) >= 11 is 0. The van der Waals surface area contributed by atoms with Crippen molar-refractivity contribution >= 4 is 5.91 Å². The van der Waals surface area contributed by atoms with E-state index in [0.29, 0.717) is 0 Å². The maximum absolute atomic E-state index is 12.3. The van der Waals surface area contributed by atoms with Crippen LogP contribution in [0.25, 0.3) is 0 Å². The lowest BCUT2D eigenvalue weighted by molar-refractivity contribution is 0.0724. The molecule has 4 nitrogen and oxygen atoms in total. The van der Waals surface area contributed by atoms with E-state index in [4.69, 9.17) is 0 Å². The summed E-state index contributed by atoms with van der Waals surface area (Å²) in [6.07, 6.45) is 3.48. The summed E-state index contributed by atoms with van der Waals surface area (Å²) in [5, 5.41) is 1.78. The molecule has 94 valence electrons. The number of amides is 1. The van der Waals surface area contributed by atoms with E-state index in [1.165, 1.54) is 6.42 Å². The molecule has 3 rings (SSSR count). The molecule has 0 radical (unpaired) electrons. The summed E-state index contributed by atoms with van der Waals surface area (Å²) in [4.78, 5) is 23.1. The Balaban J connectivity index is 1.90. The number of hydrogen-bond donors (Lipinski definition) is 0. The van der Waals surface area contributed by atoms with E-state index in [2.05, 4.69) is 9.98 Å². The van der Waals surface area contributed by atoms with Gasteiger partial charge in [-0.15, -0.1) is 0 Å². The lowest BCUT2D eigenvalue weighted by Gasteiger charge is -2.26. The fourth-order valence-electron chi connectivity index (χ4n) is 2.54. The highest BCUT2D eigenvalue weighted by Gasteiger charge is 2.18. The largest absolute Gasteiger partial charge is 0.339 e. The summed E-state index contributed by atoms with van der Waals surface area (Å²) in [6, 6.07) is 5.67. The van der Waals surface area contributed by atoms with Crippen molar-refractivity contribution in [2.75, 3.05) is 26.2 Å². The highest BCUT2D eigenvalue weighted by molar-refractivity contribution is 5.94. The predicted octanol–water partition coefficient (Wildman–Crippen LogP) is 0.565. The van der Waals surface area contributed by atoms with Gasteiger partial charge in [0.15, 0.2) is 0 Å². The first-order chi connectivity index (χ1) is 8.84. The Morgan fingerprint density at radius 2 is 1.72 bits per heavy atom. The van der Waals surface area contributed by atoms with Gasteiger partial charge in [0.2, 0.25) is 0 Å². The topological polar surface area (TPSA) is 45.0 Å². The van der Waals surface area contributed by atoms with Gasteiger partial charge in [0.25, 0.3) is 5.91 Å². The van der Waals surface area contributed by atoms with E-state index in [9.17, 15) is 4.79 Å². The fraction of sp³-hybridized carbons (Fsp3) is 0.500. The molecule has 0 unspecified atom stereocenters. The van der Waals surface area contributed by atoms with E-state index in [1.54, 1.807) is 0 Å². The molecule has 18 heavy (non-hydrogen) atoms. The highest BCUT2D eigenvalue weighted by Crippen LogP contribution is 2.11. The third kappa shape index (κ3) is 2.15. The second-order valence-electron chi connectivity index (χ2n) is 4.82. The molecule has 1 amide bonds. The zero-order chi connectivity index (χ0) is 12.4. The van der Waals surface area contributed by atoms with Crippen LogP contribution in [0.4, 0.5) is 0 Å². The third-order valence-corrected chi connectivity index (χ3v) is 3.53. The first kappa shape index (κ1) is 11.4. The quantitative estimate of drug-likeness (QED) is 0.711. The van der Waals surface area contributed by atoms with E-state index in [-0.39, 0.29) is 5.91 Å². The Bertz CT molecular complexity index is 573. The molecular formula is C14H17N3O. The third-order valence-electron chi connectivity index (χ3n) is 3.53. The molecule has 0 bridgehead atoms. The van der Waals surface area contributed by atoms with Crippen LogP contribution in [-0.4, -0.2) is 37.0 Å². The Kier molecular flexibility index (Phi) is 3.09. The van der Waals surface area contributed by atoms with E-state index in [1.807, 2.05) is 23.1 Å². The molecule has 0 aliphatic carbocycles. The minimum absolute atomic E-state index is 0.137. The molecule has 4 heteroatoms. The van der Waals surface area contributed by atoms with Gasteiger partial charge in [-0.05, 0) is 37.5 Å². The van der Waals surface area contributed by atoms with Crippen molar-refractivity contribution in [1.82, 2.24) is 4.90 Å². The van der Waals surface area contributed by atoms with Gasteiger partial charge in [-0.25, -0.2) is 0 Å². The SMILES string of the molecule is O=C(c1ccc2c(c1)=NCCN=2)N1CCCCC1. The van der Waals surface area contributed by atoms with Gasteiger partial charge in [0.1, 0.15) is 0 Å². The van der Waals surface area contributed by atoms with Crippen molar-refractivity contribution in [2.24, 2.45) is 9.98 Å². The van der Waals surface area contributed by atoms with Gasteiger partial charge in [-0.2, -0.15) is 0 Å². The van der Waals surface area contributed by atoms with Gasteiger partial charge >= 0.3 is 0 Å². The number of hydrogen-bond acceptors (Lipinski definition) is 3. The molecule has 0 atom stereocenters. The van der Waals surface area contributed by atoms with Crippen molar-refractivity contribution < 1.29 is 4.79 Å². The Morgan fingerprint density at radius 3 is 2.50 bits per heavy atom. The number of benzene rings is 1. The van der Waals surface area contributed by atoms with Crippen LogP contribution in [0, 0.1) is 0 Å². The van der Waals surface area contributed by atoms with Crippen molar-refractivity contribution in [3.05, 3.63) is 34.5 Å². The number of carbonyl (C=O) groups is 1. The molecule has 1 aromatic carbocycles. The molecule has 2 heterocycles. The van der Waals surface area contributed by atoms with Crippen LogP contribution in [0.15, 0.2) is 28.2 Å². The van der Waals surface area contributed by atoms with E-state index < -0.39 is 0 Å². The number of carbonyl (C=O) groups excluding carboxylic acids is 1. The molecular weight excluding hydrogens is 226 g/mol. The van der Waals surface area contributed by atoms with Gasteiger partial charge in [-0.1, -0.05) is 0 Å². The van der Waals surface area contributed by atoms with Crippen molar-refractivity contribution in [3.63, 3.8) is 0 Å². The molecule has 1 saturated heterocycles. The van der Waals surface area contributed by atoms with Crippen LogP contribution < -0.4 is 10.7 Å². The first-order valence-corrected chi connectivity index (χ1v) is 6.63. The summed E-state index contributed by atoms with van der Waals surface area (Å²) < 4.78 is 0. The second-order valence-corrected chi connectivity index (χ2v) is 4.82. The predicted molar refractivity (Wildman–Crippen MR) is 68.2 cm³/mol. The van der Waals surface area contributed by atoms with Crippen molar-refractivity contribution in [2.45, 2.75) is 19.3 Å². The Morgan fingerprint density at radius 1 is 1.00 bits per heavy atom. The van der Waals surface area contributed by atoms with Crippen LogP contribution >= 0.6 is 0 Å². The lowest BCUT2D eigenvalue weighted by atomic mass is 10.1. The molecule has 1 aromatic rings. The van der Waals surface area contributed by atoms with Crippen molar-refractivity contribution in [3.8, 4) is 0 Å². The number of nitrogens with zero attached hydrogens (tertiary/aromatic N) is 3. The molecule has 1 fully saturated rings. The highest BCUT2D eigenvalue weighted by atomic mass is 16.2. The van der Waals surface area contributed by atoms with Crippen molar-refractivity contribution in [1.29, 1.82) is 0 Å². The molecule has 2 aliphatic heterocycles. The molecule has 2 aliphatic rings. The van der Waals surface area contributed by atoms with E-state index in [0.717, 1.165) is 55.3 Å². The number of fused-ring (bicyclic) bond motifs is 1. The fourth-order valence-corrected chi connectivity index (χ4v) is 2.54. The lowest BCUT2D eigenvalue weighted by Crippen LogP contribution is -2.37. The van der Waals surface area contributed by atoms with Crippen LogP contribution in [0.5, 0.6) is 0 Å². The van der Waals surface area contributed by atoms with Crippen LogP contribution in [0.3, 0.4) is 0 Å². The molecule has 0 spiro atoms. The average molecular weight is 243 g/mol. The number of rotatable bonds is 1. The number of likely N-dealkylation sites (tertiary alicyclic amines) is 1. The molecule has 0 saturated carbocycles. The maximum atomic E-state index is 12.3. The monoisotopic (exact) mass is 243 g/mol. The van der Waals surface area contributed by atoms with Gasteiger partial charge in [0.05, 0.1) is 23.8 Å². The normalized spacial score (nSPS) is 18.6. The zero-order valence-corrected chi connectivity index (χ0v) is 10.4. The summed E-state index contributed by atoms with van der Waals surface area (Å²) in [7, 11) is 0. The van der Waals surface area contributed by atoms with Gasteiger partial charge < -0.3 is 4.90 Å². The summed E-state index contributed by atoms with van der Waals surface area (Å²) in [5.41, 5.74) is 0.747. The maximum Gasteiger partial charge on any atom is 0.253 e. The van der Waals surface area contributed by atoms with Crippen LogP contribution in [0.1, 0.15) is 29.6 Å². The zero-order valence-electron chi connectivity index (χ0n) is 10.4. The summed E-state index contributed by atoms with van der Waals surface area (Å²) in [6.45, 7) is 3.26. The van der Waals surface area contributed by atoms with Crippen LogP contribution in [0.2, 0.25) is 0 Å². The van der Waals surface area contributed by atoms with Gasteiger partial charge in [0, 0.05) is 18.7 Å². The van der Waals surface area contributed by atoms with E-state index >= 15 is 0 Å². The standard InChI is InChI=1S/C14H17N3O/c18-14(17-8-2-1-3-9-17)11-4-5-12-13(10-11)16-7-6-15-12/h4-5,10H,1-3,6-9H2. The van der Waals surface area contributed by atoms with Gasteiger partial charge in [-0.3, -0.25) is 14.8 Å². The second kappa shape index (κ2) is 4.88. The molecule has 0 N–H and O–H groups in total. The van der Waals surface area contributed by atoms with Crippen LogP contribution in [-0.2, 0) is 0 Å². The Labute approximate surface area is 106 Å². The molecule has 0 aromatic heterocycles. The average Bonchev–Trinajstić information content (AvgIpc) is 2.47. The minimum Gasteiger partial charge on any atom is -0.339 e. The first-order valence-electron chi connectivity index (χ1n) is 6.63. The number of piperidine rings is 1. The smallest absolute Gasteiger partial charge is 0.253 e.